The minimum atomic E-state index is -0.968. The topological polar surface area (TPSA) is 65.5 Å². The zero-order valence-corrected chi connectivity index (χ0v) is 16.8. The minimum Gasteiger partial charge on any atom is -0.478 e. The lowest BCUT2D eigenvalue weighted by atomic mass is 9.82. The van der Waals surface area contributed by atoms with Crippen molar-refractivity contribution in [3.8, 4) is 0 Å². The van der Waals surface area contributed by atoms with Crippen molar-refractivity contribution in [2.24, 2.45) is 0 Å². The molecule has 4 rings (SSSR count). The first kappa shape index (κ1) is 19.9. The number of rotatable bonds is 6. The molecule has 0 saturated heterocycles. The van der Waals surface area contributed by atoms with Crippen LogP contribution in [0.2, 0.25) is 0 Å². The smallest absolute Gasteiger partial charge is 0.337 e. The fraction of sp³-hybridized carbons (Fsp3) is 0.250. The predicted molar refractivity (Wildman–Crippen MR) is 116 cm³/mol. The number of fused-ring (bicyclic) bond motifs is 1. The summed E-state index contributed by atoms with van der Waals surface area (Å²) in [6.07, 6.45) is 6.12. The van der Waals surface area contributed by atoms with Crippen molar-refractivity contribution in [2.45, 2.75) is 25.2 Å². The highest BCUT2D eigenvalue weighted by Crippen LogP contribution is 2.36. The summed E-state index contributed by atoms with van der Waals surface area (Å²) in [5.41, 5.74) is 4.78. The van der Waals surface area contributed by atoms with Crippen LogP contribution in [0.5, 0.6) is 0 Å². The number of carboxylic acids is 1. The molecule has 1 aromatic heterocycles. The number of hydrogen-bond acceptors (Lipinski definition) is 4. The van der Waals surface area contributed by atoms with Crippen LogP contribution < -0.4 is 10.2 Å². The van der Waals surface area contributed by atoms with Gasteiger partial charge in [0.2, 0.25) is 0 Å². The van der Waals surface area contributed by atoms with Crippen molar-refractivity contribution in [1.29, 1.82) is 0 Å². The highest BCUT2D eigenvalue weighted by molar-refractivity contribution is 5.93. The lowest BCUT2D eigenvalue weighted by molar-refractivity contribution is 0.0697. The number of aromatic carboxylic acids is 1. The first-order chi connectivity index (χ1) is 14.5. The standard InChI is InChI=1S/C24H24FN3O2/c1-28(23-8-3-2-7-21(23)25)18-9-10-19-16(13-18)5-4-6-17(19)14-27-22-15-26-12-11-20(22)24(29)30/h2-3,7-13,15,17,27H,4-6,14H2,1H3,(H,29,30)/t17-/m0/s1. The molecular weight excluding hydrogens is 381 g/mol. The summed E-state index contributed by atoms with van der Waals surface area (Å²) < 4.78 is 14.2. The minimum absolute atomic E-state index is 0.225. The van der Waals surface area contributed by atoms with Crippen LogP contribution in [0.25, 0.3) is 0 Å². The molecule has 2 N–H and O–H groups in total. The van der Waals surface area contributed by atoms with Gasteiger partial charge in [-0.25, -0.2) is 9.18 Å². The average Bonchev–Trinajstić information content (AvgIpc) is 2.77. The molecule has 2 aromatic carbocycles. The molecule has 1 aliphatic carbocycles. The Bertz CT molecular complexity index is 1070. The Morgan fingerprint density at radius 1 is 1.27 bits per heavy atom. The van der Waals surface area contributed by atoms with Crippen molar-refractivity contribution in [3.63, 3.8) is 0 Å². The second-order valence-corrected chi connectivity index (χ2v) is 7.59. The van der Waals surface area contributed by atoms with E-state index in [1.165, 1.54) is 29.5 Å². The maximum absolute atomic E-state index is 14.2. The highest BCUT2D eigenvalue weighted by Gasteiger charge is 2.22. The Morgan fingerprint density at radius 3 is 2.90 bits per heavy atom. The van der Waals surface area contributed by atoms with Crippen LogP contribution in [0, 0.1) is 5.82 Å². The molecule has 154 valence electrons. The van der Waals surface area contributed by atoms with Gasteiger partial charge in [0.1, 0.15) is 5.82 Å². The van der Waals surface area contributed by atoms with E-state index in [4.69, 9.17) is 0 Å². The first-order valence-corrected chi connectivity index (χ1v) is 10.1. The van der Waals surface area contributed by atoms with Crippen molar-refractivity contribution in [1.82, 2.24) is 4.98 Å². The molecule has 0 saturated carbocycles. The number of halogens is 1. The van der Waals surface area contributed by atoms with Crippen molar-refractivity contribution < 1.29 is 14.3 Å². The van der Waals surface area contributed by atoms with Gasteiger partial charge in [0.15, 0.2) is 0 Å². The molecule has 0 fully saturated rings. The first-order valence-electron chi connectivity index (χ1n) is 10.1. The number of aromatic nitrogens is 1. The van der Waals surface area contributed by atoms with Gasteiger partial charge in [0.25, 0.3) is 0 Å². The van der Waals surface area contributed by atoms with E-state index >= 15 is 0 Å². The Balaban J connectivity index is 1.54. The Kier molecular flexibility index (Phi) is 5.65. The third-order valence-corrected chi connectivity index (χ3v) is 5.76. The number of hydrogen-bond donors (Lipinski definition) is 2. The van der Waals surface area contributed by atoms with Gasteiger partial charge in [-0.2, -0.15) is 0 Å². The molecule has 30 heavy (non-hydrogen) atoms. The number of anilines is 3. The fourth-order valence-corrected chi connectivity index (χ4v) is 4.14. The molecule has 0 amide bonds. The molecular formula is C24H24FN3O2. The second-order valence-electron chi connectivity index (χ2n) is 7.59. The molecule has 0 radical (unpaired) electrons. The summed E-state index contributed by atoms with van der Waals surface area (Å²) in [6.45, 7) is 0.640. The van der Waals surface area contributed by atoms with Crippen molar-refractivity contribution in [3.05, 3.63) is 83.4 Å². The van der Waals surface area contributed by atoms with Gasteiger partial charge >= 0.3 is 5.97 Å². The van der Waals surface area contributed by atoms with E-state index < -0.39 is 5.97 Å². The summed E-state index contributed by atoms with van der Waals surface area (Å²) in [6, 6.07) is 14.6. The van der Waals surface area contributed by atoms with E-state index in [0.717, 1.165) is 24.9 Å². The third kappa shape index (κ3) is 3.99. The largest absolute Gasteiger partial charge is 0.478 e. The highest BCUT2D eigenvalue weighted by atomic mass is 19.1. The monoisotopic (exact) mass is 405 g/mol. The van der Waals surface area contributed by atoms with Crippen LogP contribution in [-0.4, -0.2) is 29.7 Å². The van der Waals surface area contributed by atoms with Gasteiger partial charge in [-0.05, 0) is 60.7 Å². The van der Waals surface area contributed by atoms with Crippen molar-refractivity contribution >= 4 is 23.0 Å². The molecule has 1 atom stereocenters. The van der Waals surface area contributed by atoms with E-state index in [-0.39, 0.29) is 17.3 Å². The van der Waals surface area contributed by atoms with E-state index in [1.807, 2.05) is 24.1 Å². The van der Waals surface area contributed by atoms with Gasteiger partial charge in [-0.1, -0.05) is 18.2 Å². The number of benzene rings is 2. The zero-order chi connectivity index (χ0) is 21.1. The van der Waals surface area contributed by atoms with Crippen LogP contribution in [0.3, 0.4) is 0 Å². The van der Waals surface area contributed by atoms with E-state index in [9.17, 15) is 14.3 Å². The molecule has 0 aliphatic heterocycles. The number of aryl methyl sites for hydroxylation is 1. The molecule has 0 bridgehead atoms. The van der Waals surface area contributed by atoms with E-state index in [2.05, 4.69) is 22.4 Å². The van der Waals surface area contributed by atoms with E-state index in [0.29, 0.717) is 17.9 Å². The van der Waals surface area contributed by atoms with Crippen LogP contribution >= 0.6 is 0 Å². The second kappa shape index (κ2) is 8.53. The predicted octanol–water partition coefficient (Wildman–Crippen LogP) is 5.22. The quantitative estimate of drug-likeness (QED) is 0.589. The normalized spacial score (nSPS) is 15.3. The SMILES string of the molecule is CN(c1ccc2c(c1)CCC[C@H]2CNc1cnccc1C(=O)O)c1ccccc1F. The summed E-state index contributed by atoms with van der Waals surface area (Å²) in [4.78, 5) is 17.3. The van der Waals surface area contributed by atoms with Crippen LogP contribution in [0.15, 0.2) is 60.9 Å². The molecule has 0 spiro atoms. The number of para-hydroxylation sites is 1. The third-order valence-electron chi connectivity index (χ3n) is 5.76. The van der Waals surface area contributed by atoms with E-state index in [1.54, 1.807) is 18.3 Å². The number of pyridine rings is 1. The lowest BCUT2D eigenvalue weighted by Crippen LogP contribution is -2.20. The van der Waals surface area contributed by atoms with Crippen LogP contribution in [-0.2, 0) is 6.42 Å². The Morgan fingerprint density at radius 2 is 2.10 bits per heavy atom. The van der Waals surface area contributed by atoms with Crippen LogP contribution in [0.4, 0.5) is 21.5 Å². The number of carbonyl (C=O) groups is 1. The summed E-state index contributed by atoms with van der Waals surface area (Å²) >= 11 is 0. The number of carboxylic acid groups (broad SMARTS) is 1. The summed E-state index contributed by atoms with van der Waals surface area (Å²) in [5.74, 6) is -0.932. The van der Waals surface area contributed by atoms with Crippen LogP contribution in [0.1, 0.15) is 40.2 Å². The zero-order valence-electron chi connectivity index (χ0n) is 16.8. The lowest BCUT2D eigenvalue weighted by Gasteiger charge is -2.28. The maximum Gasteiger partial charge on any atom is 0.337 e. The molecule has 1 aliphatic rings. The van der Waals surface area contributed by atoms with Gasteiger partial charge < -0.3 is 15.3 Å². The van der Waals surface area contributed by atoms with Crippen molar-refractivity contribution in [2.75, 3.05) is 23.8 Å². The van der Waals surface area contributed by atoms with Gasteiger partial charge in [0.05, 0.1) is 23.1 Å². The Hall–Kier alpha value is -3.41. The number of nitrogens with zero attached hydrogens (tertiary/aromatic N) is 2. The van der Waals surface area contributed by atoms with Gasteiger partial charge in [-0.3, -0.25) is 4.98 Å². The molecule has 5 nitrogen and oxygen atoms in total. The Labute approximate surface area is 175 Å². The molecule has 3 aromatic rings. The molecule has 6 heteroatoms. The average molecular weight is 405 g/mol. The maximum atomic E-state index is 14.2. The number of nitrogens with one attached hydrogen (secondary N) is 1. The summed E-state index contributed by atoms with van der Waals surface area (Å²) in [7, 11) is 1.87. The molecule has 1 heterocycles. The summed E-state index contributed by atoms with van der Waals surface area (Å²) in [5, 5.41) is 12.6. The fourth-order valence-electron chi connectivity index (χ4n) is 4.14. The molecule has 0 unspecified atom stereocenters. The van der Waals surface area contributed by atoms with Gasteiger partial charge in [-0.15, -0.1) is 0 Å². The van der Waals surface area contributed by atoms with Gasteiger partial charge in [0, 0.05) is 31.4 Å².